The summed E-state index contributed by atoms with van der Waals surface area (Å²) in [6, 6.07) is 14.7. The number of halogens is 1. The zero-order valence-electron chi connectivity index (χ0n) is 17.1. The maximum Gasteiger partial charge on any atom is 0.250 e. The Kier molecular flexibility index (Phi) is 4.44. The lowest BCUT2D eigenvalue weighted by atomic mass is 9.71. The fraction of sp³-hybridized carbons (Fsp3) is 0.250. The number of carbonyl (C=O) groups excluding carboxylic acids is 2. The van der Waals surface area contributed by atoms with Crippen molar-refractivity contribution in [1.82, 2.24) is 4.90 Å². The molecule has 6 nitrogen and oxygen atoms in total. The zero-order chi connectivity index (χ0) is 21.8. The third kappa shape index (κ3) is 2.73. The van der Waals surface area contributed by atoms with Gasteiger partial charge in [0.25, 0.3) is 0 Å². The van der Waals surface area contributed by atoms with E-state index in [2.05, 4.69) is 5.32 Å². The number of fused-ring (bicyclic) bond motifs is 2. The van der Waals surface area contributed by atoms with Gasteiger partial charge in [-0.1, -0.05) is 12.1 Å². The number of hydrogen-bond acceptors (Lipinski definition) is 5. The van der Waals surface area contributed by atoms with Crippen molar-refractivity contribution in [3.05, 3.63) is 83.6 Å². The number of nitrogens with zero attached hydrogens (tertiary/aromatic N) is 1. The summed E-state index contributed by atoms with van der Waals surface area (Å²) in [5.41, 5.74) is 0.884. The Morgan fingerprint density at radius 3 is 2.68 bits per heavy atom. The molecule has 2 aliphatic heterocycles. The molecule has 0 radical (unpaired) electrons. The van der Waals surface area contributed by atoms with Crippen LogP contribution in [0.25, 0.3) is 0 Å². The van der Waals surface area contributed by atoms with Crippen LogP contribution in [0.5, 0.6) is 5.75 Å². The van der Waals surface area contributed by atoms with Crippen molar-refractivity contribution in [2.45, 2.75) is 11.5 Å². The van der Waals surface area contributed by atoms with E-state index in [4.69, 9.17) is 9.15 Å². The molecule has 158 valence electrons. The molecule has 2 aromatic carbocycles. The van der Waals surface area contributed by atoms with E-state index >= 15 is 0 Å². The van der Waals surface area contributed by atoms with Crippen LogP contribution in [0.15, 0.2) is 65.3 Å². The summed E-state index contributed by atoms with van der Waals surface area (Å²) in [7, 11) is 3.39. The lowest BCUT2D eigenvalue weighted by Crippen LogP contribution is -2.51. The summed E-state index contributed by atoms with van der Waals surface area (Å²) >= 11 is 0. The van der Waals surface area contributed by atoms with Gasteiger partial charge in [-0.25, -0.2) is 4.39 Å². The molecule has 2 aliphatic rings. The van der Waals surface area contributed by atoms with Gasteiger partial charge in [-0.3, -0.25) is 14.5 Å². The van der Waals surface area contributed by atoms with Crippen molar-refractivity contribution in [2.75, 3.05) is 26.0 Å². The fourth-order valence-electron chi connectivity index (χ4n) is 5.13. The molecule has 0 unspecified atom stereocenters. The number of benzene rings is 2. The van der Waals surface area contributed by atoms with Crippen molar-refractivity contribution in [2.24, 2.45) is 5.92 Å². The van der Waals surface area contributed by atoms with E-state index in [0.29, 0.717) is 23.5 Å². The number of amides is 1. The van der Waals surface area contributed by atoms with Crippen molar-refractivity contribution in [3.8, 4) is 5.75 Å². The number of methoxy groups -OCH3 is 1. The summed E-state index contributed by atoms with van der Waals surface area (Å²) in [5, 5.41) is 2.94. The van der Waals surface area contributed by atoms with Crippen LogP contribution in [0.4, 0.5) is 10.1 Å². The van der Waals surface area contributed by atoms with Crippen LogP contribution in [-0.2, 0) is 10.3 Å². The van der Waals surface area contributed by atoms with Gasteiger partial charge < -0.3 is 14.5 Å². The molecule has 1 aromatic heterocycles. The highest BCUT2D eigenvalue weighted by Gasteiger charge is 2.64. The monoisotopic (exact) mass is 420 g/mol. The largest absolute Gasteiger partial charge is 0.497 e. The summed E-state index contributed by atoms with van der Waals surface area (Å²) in [5.74, 6) is -1.23. The lowest BCUT2D eigenvalue weighted by molar-refractivity contribution is -0.126. The van der Waals surface area contributed by atoms with Gasteiger partial charge in [-0.05, 0) is 55.1 Å². The van der Waals surface area contributed by atoms with Gasteiger partial charge in [0.1, 0.15) is 17.1 Å². The molecule has 0 saturated carbocycles. The number of nitrogens with one attached hydrogen (secondary N) is 1. The summed E-state index contributed by atoms with van der Waals surface area (Å²) in [4.78, 5) is 29.2. The van der Waals surface area contributed by atoms with Crippen LogP contribution in [-0.4, -0.2) is 37.3 Å². The molecule has 5 rings (SSSR count). The molecule has 3 aromatic rings. The van der Waals surface area contributed by atoms with Gasteiger partial charge in [0.2, 0.25) is 11.7 Å². The van der Waals surface area contributed by atoms with Crippen molar-refractivity contribution in [1.29, 1.82) is 0 Å². The number of anilines is 1. The number of carbonyl (C=O) groups is 2. The highest BCUT2D eigenvalue weighted by molar-refractivity contribution is 6.11. The smallest absolute Gasteiger partial charge is 0.250 e. The normalized spacial score (nSPS) is 24.9. The molecule has 1 N–H and O–H groups in total. The first-order valence-electron chi connectivity index (χ1n) is 10.0. The minimum absolute atomic E-state index is 0.191. The number of hydrogen-bond donors (Lipinski definition) is 1. The van der Waals surface area contributed by atoms with E-state index in [1.54, 1.807) is 49.6 Å². The fourth-order valence-corrected chi connectivity index (χ4v) is 5.13. The van der Waals surface area contributed by atoms with E-state index in [9.17, 15) is 14.0 Å². The summed E-state index contributed by atoms with van der Waals surface area (Å²) in [6.45, 7) is 0.437. The van der Waals surface area contributed by atoms with Crippen molar-refractivity contribution in [3.63, 3.8) is 0 Å². The number of ether oxygens (including phenoxy) is 1. The Morgan fingerprint density at radius 2 is 2.00 bits per heavy atom. The van der Waals surface area contributed by atoms with Crippen LogP contribution in [0.1, 0.15) is 27.6 Å². The summed E-state index contributed by atoms with van der Waals surface area (Å²) < 4.78 is 24.4. The standard InChI is InChI=1S/C24H21FN2O4/c1-27-13-17(14-5-7-15(25)8-6-14)21(22(28)20-4-3-11-31-20)24(27)18-12-16(30-2)9-10-19(18)26-23(24)29/h3-12,17,21H,13H2,1-2H3,(H,26,29)/t17-,21+,24+/m0/s1. The third-order valence-electron chi connectivity index (χ3n) is 6.50. The third-order valence-corrected chi connectivity index (χ3v) is 6.50. The molecule has 3 heterocycles. The second-order valence-corrected chi connectivity index (χ2v) is 7.99. The molecule has 1 saturated heterocycles. The average molecular weight is 420 g/mol. The van der Waals surface area contributed by atoms with Gasteiger partial charge in [0.15, 0.2) is 5.76 Å². The molecule has 3 atom stereocenters. The number of rotatable bonds is 4. The predicted octanol–water partition coefficient (Wildman–Crippen LogP) is 3.80. The second-order valence-electron chi connectivity index (χ2n) is 7.99. The van der Waals surface area contributed by atoms with Crippen LogP contribution >= 0.6 is 0 Å². The molecule has 1 spiro atoms. The minimum Gasteiger partial charge on any atom is -0.497 e. The van der Waals surface area contributed by atoms with Crippen LogP contribution in [0.2, 0.25) is 0 Å². The first kappa shape index (κ1) is 19.5. The van der Waals surface area contributed by atoms with E-state index < -0.39 is 11.5 Å². The predicted molar refractivity (Wildman–Crippen MR) is 112 cm³/mol. The second kappa shape index (κ2) is 7.06. The topological polar surface area (TPSA) is 71.8 Å². The van der Waals surface area contributed by atoms with Crippen molar-refractivity contribution < 1.29 is 23.1 Å². The summed E-state index contributed by atoms with van der Waals surface area (Å²) in [6.07, 6.45) is 1.44. The Morgan fingerprint density at radius 1 is 1.23 bits per heavy atom. The number of furan rings is 1. The van der Waals surface area contributed by atoms with Gasteiger partial charge in [0.05, 0.1) is 19.3 Å². The van der Waals surface area contributed by atoms with Crippen LogP contribution < -0.4 is 10.1 Å². The minimum atomic E-state index is -1.24. The Hall–Kier alpha value is -3.45. The lowest BCUT2D eigenvalue weighted by Gasteiger charge is -2.35. The van der Waals surface area contributed by atoms with Crippen LogP contribution in [0.3, 0.4) is 0 Å². The van der Waals surface area contributed by atoms with E-state index in [0.717, 1.165) is 5.56 Å². The molecule has 0 bridgehead atoms. The van der Waals surface area contributed by atoms with E-state index in [1.165, 1.54) is 18.4 Å². The van der Waals surface area contributed by atoms with Crippen molar-refractivity contribution >= 4 is 17.4 Å². The van der Waals surface area contributed by atoms with Gasteiger partial charge >= 0.3 is 0 Å². The molecular formula is C24H21FN2O4. The molecule has 1 fully saturated rings. The van der Waals surface area contributed by atoms with E-state index in [1.807, 2.05) is 11.9 Å². The Labute approximate surface area is 178 Å². The molecule has 0 aliphatic carbocycles. The first-order chi connectivity index (χ1) is 15.0. The maximum atomic E-state index is 13.8. The first-order valence-corrected chi connectivity index (χ1v) is 10.0. The molecule has 31 heavy (non-hydrogen) atoms. The quantitative estimate of drug-likeness (QED) is 0.650. The highest BCUT2D eigenvalue weighted by Crippen LogP contribution is 2.56. The molecule has 7 heteroatoms. The Bertz CT molecular complexity index is 1160. The number of likely N-dealkylation sites (N-methyl/N-ethyl adjacent to an activating group) is 1. The van der Waals surface area contributed by atoms with Gasteiger partial charge in [-0.2, -0.15) is 0 Å². The number of ketones is 1. The molecular weight excluding hydrogens is 399 g/mol. The van der Waals surface area contributed by atoms with Gasteiger partial charge in [0, 0.05) is 23.7 Å². The molecule has 1 amide bonds. The number of likely N-dealkylation sites (tertiary alicyclic amines) is 1. The SMILES string of the molecule is COc1ccc2c(c1)[C@]1(C(=O)N2)[C@@H](C(=O)c2ccco2)[C@H](c2ccc(F)cc2)CN1C. The van der Waals surface area contributed by atoms with E-state index in [-0.39, 0.29) is 29.2 Å². The Balaban J connectivity index is 1.73. The highest BCUT2D eigenvalue weighted by atomic mass is 19.1. The average Bonchev–Trinajstić information content (AvgIpc) is 3.47. The van der Waals surface area contributed by atoms with Crippen LogP contribution in [0, 0.1) is 11.7 Å². The number of Topliss-reactive ketones (excluding diaryl/α,β-unsaturated/α-hetero) is 1. The van der Waals surface area contributed by atoms with Gasteiger partial charge in [-0.15, -0.1) is 0 Å². The zero-order valence-corrected chi connectivity index (χ0v) is 17.1. The maximum absolute atomic E-state index is 13.8.